The first kappa shape index (κ1) is 26.5. The molecule has 4 rings (SSSR count). The zero-order valence-electron chi connectivity index (χ0n) is 22.3. The van der Waals surface area contributed by atoms with Gasteiger partial charge in [0.05, 0.1) is 6.26 Å². The van der Waals surface area contributed by atoms with Gasteiger partial charge in [-0.25, -0.2) is 0 Å². The van der Waals surface area contributed by atoms with E-state index in [1.807, 2.05) is 12.1 Å². The highest BCUT2D eigenvalue weighted by atomic mass is 16.3. The van der Waals surface area contributed by atoms with Crippen molar-refractivity contribution in [3.8, 4) is 0 Å². The first-order chi connectivity index (χ1) is 17.7. The molecule has 0 bridgehead atoms. The van der Waals surface area contributed by atoms with E-state index >= 15 is 0 Å². The zero-order valence-corrected chi connectivity index (χ0v) is 22.3. The summed E-state index contributed by atoms with van der Waals surface area (Å²) in [6, 6.07) is 19.2. The van der Waals surface area contributed by atoms with E-state index in [9.17, 15) is 4.79 Å². The van der Waals surface area contributed by atoms with Crippen LogP contribution < -0.4 is 0 Å². The lowest BCUT2D eigenvalue weighted by molar-refractivity contribution is 0.0978. The van der Waals surface area contributed by atoms with Crippen LogP contribution in [-0.2, 0) is 25.7 Å². The average molecular weight is 485 g/mol. The number of unbranched alkanes of at least 4 members (excludes halogenated alkanes) is 2. The lowest BCUT2D eigenvalue weighted by Gasteiger charge is -2.21. The minimum Gasteiger partial charge on any atom is -0.469 e. The summed E-state index contributed by atoms with van der Waals surface area (Å²) in [7, 11) is 0. The molecule has 1 aliphatic carbocycles. The van der Waals surface area contributed by atoms with Gasteiger partial charge in [0.15, 0.2) is 5.78 Å². The summed E-state index contributed by atoms with van der Waals surface area (Å²) in [6.45, 7) is 2.20. The predicted molar refractivity (Wildman–Crippen MR) is 150 cm³/mol. The summed E-state index contributed by atoms with van der Waals surface area (Å²) in [6.07, 6.45) is 19.3. The molecule has 1 heterocycles. The molecule has 0 N–H and O–H groups in total. The Balaban J connectivity index is 1.31. The van der Waals surface area contributed by atoms with Crippen LogP contribution in [0.5, 0.6) is 0 Å². The third kappa shape index (κ3) is 8.22. The molecule has 0 saturated heterocycles. The molecule has 1 aliphatic rings. The monoisotopic (exact) mass is 484 g/mol. The number of hydrogen-bond acceptors (Lipinski definition) is 2. The topological polar surface area (TPSA) is 30.2 Å². The van der Waals surface area contributed by atoms with E-state index in [-0.39, 0.29) is 0 Å². The summed E-state index contributed by atoms with van der Waals surface area (Å²) in [5.41, 5.74) is 6.44. The van der Waals surface area contributed by atoms with Gasteiger partial charge < -0.3 is 4.42 Å². The van der Waals surface area contributed by atoms with Gasteiger partial charge in [0, 0.05) is 18.4 Å². The Morgan fingerprint density at radius 1 is 0.778 bits per heavy atom. The van der Waals surface area contributed by atoms with Crippen LogP contribution >= 0.6 is 0 Å². The van der Waals surface area contributed by atoms with Crippen molar-refractivity contribution in [1.29, 1.82) is 0 Å². The Labute approximate surface area is 218 Å². The Bertz CT molecular complexity index is 1060. The van der Waals surface area contributed by atoms with Gasteiger partial charge >= 0.3 is 0 Å². The van der Waals surface area contributed by atoms with E-state index in [1.165, 1.54) is 73.6 Å². The standard InChI is InChI=1S/C34H44O2/c1-27-12-5-7-16-29(27)17-8-9-18-30-21-22-32(26-31(30)23-24-33-19-11-25-36-33)34(35)20-10-6-15-28-13-3-2-4-14-28/h5,7,11-12,16,19,21-22,25-26,28H,2-4,6,8-10,13-15,17-18,20,23-24H2,1H3. The van der Waals surface area contributed by atoms with Crippen LogP contribution in [-0.4, -0.2) is 5.78 Å². The highest BCUT2D eigenvalue weighted by Gasteiger charge is 2.14. The lowest BCUT2D eigenvalue weighted by Crippen LogP contribution is -2.07. The maximum Gasteiger partial charge on any atom is 0.162 e. The second-order valence-electron chi connectivity index (χ2n) is 10.9. The molecule has 0 aliphatic heterocycles. The van der Waals surface area contributed by atoms with Gasteiger partial charge in [-0.1, -0.05) is 81.3 Å². The lowest BCUT2D eigenvalue weighted by atomic mass is 9.85. The van der Waals surface area contributed by atoms with Crippen molar-refractivity contribution in [2.24, 2.45) is 5.92 Å². The molecule has 1 saturated carbocycles. The number of aryl methyl sites for hydroxylation is 5. The van der Waals surface area contributed by atoms with E-state index in [4.69, 9.17) is 4.42 Å². The fourth-order valence-electron chi connectivity index (χ4n) is 5.85. The highest BCUT2D eigenvalue weighted by Crippen LogP contribution is 2.28. The number of rotatable bonds is 14. The molecule has 0 spiro atoms. The molecule has 0 atom stereocenters. The van der Waals surface area contributed by atoms with E-state index in [1.54, 1.807) is 6.26 Å². The largest absolute Gasteiger partial charge is 0.469 e. The van der Waals surface area contributed by atoms with Gasteiger partial charge in [-0.3, -0.25) is 4.79 Å². The summed E-state index contributed by atoms with van der Waals surface area (Å²) in [4.78, 5) is 13.0. The molecule has 0 radical (unpaired) electrons. The molecule has 2 heteroatoms. The highest BCUT2D eigenvalue weighted by molar-refractivity contribution is 5.96. The van der Waals surface area contributed by atoms with Gasteiger partial charge in [-0.2, -0.15) is 0 Å². The third-order valence-electron chi connectivity index (χ3n) is 8.14. The Morgan fingerprint density at radius 3 is 2.36 bits per heavy atom. The maximum atomic E-state index is 13.0. The van der Waals surface area contributed by atoms with Crippen molar-refractivity contribution in [3.63, 3.8) is 0 Å². The number of carbonyl (C=O) groups excluding carboxylic acids is 1. The maximum absolute atomic E-state index is 13.0. The number of carbonyl (C=O) groups is 1. The Kier molecular flexibility index (Phi) is 10.4. The van der Waals surface area contributed by atoms with E-state index in [0.29, 0.717) is 12.2 Å². The van der Waals surface area contributed by atoms with E-state index in [2.05, 4.69) is 49.4 Å². The molecule has 1 fully saturated rings. The van der Waals surface area contributed by atoms with Gasteiger partial charge in [-0.05, 0) is 91.8 Å². The predicted octanol–water partition coefficient (Wildman–Crippen LogP) is 9.26. The van der Waals surface area contributed by atoms with Gasteiger partial charge in [0.2, 0.25) is 0 Å². The number of Topliss-reactive ketones (excluding diaryl/α,β-unsaturated/α-hetero) is 1. The number of hydrogen-bond donors (Lipinski definition) is 0. The normalized spacial score (nSPS) is 14.2. The molecule has 0 unspecified atom stereocenters. The Hall–Kier alpha value is -2.61. The first-order valence-electron chi connectivity index (χ1n) is 14.4. The van der Waals surface area contributed by atoms with Crippen molar-refractivity contribution in [2.75, 3.05) is 0 Å². The molecular weight excluding hydrogens is 440 g/mol. The molecule has 0 amide bonds. The molecular formula is C34H44O2. The molecule has 1 aromatic heterocycles. The van der Waals surface area contributed by atoms with Crippen molar-refractivity contribution in [2.45, 2.75) is 103 Å². The fourth-order valence-corrected chi connectivity index (χ4v) is 5.85. The second kappa shape index (κ2) is 14.2. The Morgan fingerprint density at radius 2 is 1.58 bits per heavy atom. The van der Waals surface area contributed by atoms with Crippen LogP contribution in [0.3, 0.4) is 0 Å². The molecule has 3 aromatic rings. The smallest absolute Gasteiger partial charge is 0.162 e. The quantitative estimate of drug-likeness (QED) is 0.169. The van der Waals surface area contributed by atoms with Crippen molar-refractivity contribution < 1.29 is 9.21 Å². The third-order valence-corrected chi connectivity index (χ3v) is 8.14. The van der Waals surface area contributed by atoms with Crippen LogP contribution in [0.25, 0.3) is 0 Å². The minimum absolute atomic E-state index is 0.309. The molecule has 192 valence electrons. The molecule has 2 nitrogen and oxygen atoms in total. The van der Waals surface area contributed by atoms with E-state index in [0.717, 1.165) is 55.8 Å². The number of ketones is 1. The van der Waals surface area contributed by atoms with Crippen LogP contribution in [0, 0.1) is 12.8 Å². The van der Waals surface area contributed by atoms with Gasteiger partial charge in [-0.15, -0.1) is 0 Å². The van der Waals surface area contributed by atoms with Crippen molar-refractivity contribution in [3.05, 3.63) is 94.4 Å². The number of furan rings is 1. The summed E-state index contributed by atoms with van der Waals surface area (Å²) in [5, 5.41) is 0. The summed E-state index contributed by atoms with van der Waals surface area (Å²) in [5.74, 6) is 2.23. The van der Waals surface area contributed by atoms with Crippen molar-refractivity contribution in [1.82, 2.24) is 0 Å². The zero-order chi connectivity index (χ0) is 25.0. The average Bonchev–Trinajstić information content (AvgIpc) is 3.43. The SMILES string of the molecule is Cc1ccccc1CCCCc1ccc(C(=O)CCCCC2CCCCC2)cc1CCc1ccco1. The second-order valence-corrected chi connectivity index (χ2v) is 10.9. The van der Waals surface area contributed by atoms with Crippen LogP contribution in [0.2, 0.25) is 0 Å². The van der Waals surface area contributed by atoms with Crippen molar-refractivity contribution >= 4 is 5.78 Å². The summed E-state index contributed by atoms with van der Waals surface area (Å²) < 4.78 is 5.58. The van der Waals surface area contributed by atoms with Crippen LogP contribution in [0.4, 0.5) is 0 Å². The minimum atomic E-state index is 0.309. The van der Waals surface area contributed by atoms with Gasteiger partial charge in [0.25, 0.3) is 0 Å². The first-order valence-corrected chi connectivity index (χ1v) is 14.4. The molecule has 2 aromatic carbocycles. The van der Waals surface area contributed by atoms with E-state index < -0.39 is 0 Å². The molecule has 36 heavy (non-hydrogen) atoms. The summed E-state index contributed by atoms with van der Waals surface area (Å²) >= 11 is 0. The number of benzene rings is 2. The van der Waals surface area contributed by atoms with Crippen LogP contribution in [0.15, 0.2) is 65.3 Å². The van der Waals surface area contributed by atoms with Crippen LogP contribution in [0.1, 0.15) is 109 Å². The van der Waals surface area contributed by atoms with Gasteiger partial charge in [0.1, 0.15) is 5.76 Å². The fraction of sp³-hybridized carbons (Fsp3) is 0.500.